The van der Waals surface area contributed by atoms with Crippen molar-refractivity contribution in [2.45, 2.75) is 245 Å². The lowest BCUT2D eigenvalue weighted by Gasteiger charge is -2.24. The highest BCUT2D eigenvalue weighted by Crippen LogP contribution is 2.43. The van der Waals surface area contributed by atoms with Gasteiger partial charge >= 0.3 is 19.8 Å². The smallest absolute Gasteiger partial charge is 0.462 e. The molecular weight excluding hydrogens is 858 g/mol. The van der Waals surface area contributed by atoms with E-state index in [1.54, 1.807) is 0 Å². The van der Waals surface area contributed by atoms with Crippen molar-refractivity contribution in [2.24, 2.45) is 0 Å². The van der Waals surface area contributed by atoms with Crippen molar-refractivity contribution in [1.29, 1.82) is 0 Å². The minimum absolute atomic E-state index is 0.0303. The minimum atomic E-state index is -4.38. The number of hydrogen-bond acceptors (Lipinski definition) is 7. The highest BCUT2D eigenvalue weighted by molar-refractivity contribution is 7.47. The lowest BCUT2D eigenvalue weighted by Crippen LogP contribution is -2.37. The van der Waals surface area contributed by atoms with Gasteiger partial charge in [0.05, 0.1) is 27.7 Å². The maximum atomic E-state index is 12.8. The predicted octanol–water partition coefficient (Wildman–Crippen LogP) is 16.8. The topological polar surface area (TPSA) is 108 Å². The maximum absolute atomic E-state index is 12.8. The number of likely N-dealkylation sites (N-methyl/N-ethyl adjacent to an activating group) is 1. The van der Waals surface area contributed by atoms with Crippen LogP contribution in [0.2, 0.25) is 0 Å². The van der Waals surface area contributed by atoms with Crippen LogP contribution in [0.25, 0.3) is 0 Å². The largest absolute Gasteiger partial charge is 0.472 e. The highest BCUT2D eigenvalue weighted by atomic mass is 31.2. The van der Waals surface area contributed by atoms with Gasteiger partial charge in [-0.2, -0.15) is 0 Å². The Kier molecular flexibility index (Phi) is 47.1. The average Bonchev–Trinajstić information content (AvgIpc) is 3.29. The number of ether oxygens (including phenoxy) is 2. The van der Waals surface area contributed by atoms with Crippen LogP contribution in [-0.2, 0) is 32.7 Å². The Labute approximate surface area is 413 Å². The summed E-state index contributed by atoms with van der Waals surface area (Å²) in [6, 6.07) is 0. The van der Waals surface area contributed by atoms with Crippen molar-refractivity contribution in [3.63, 3.8) is 0 Å². The highest BCUT2D eigenvalue weighted by Gasteiger charge is 2.27. The van der Waals surface area contributed by atoms with Gasteiger partial charge in [-0.25, -0.2) is 4.57 Å². The lowest BCUT2D eigenvalue weighted by molar-refractivity contribution is -0.870. The summed E-state index contributed by atoms with van der Waals surface area (Å²) in [6.45, 7) is 4.30. The number of carbonyl (C=O) groups excluding carboxylic acids is 2. The monoisotopic (exact) mass is 963 g/mol. The van der Waals surface area contributed by atoms with Crippen LogP contribution >= 0.6 is 7.82 Å². The summed E-state index contributed by atoms with van der Waals surface area (Å²) >= 11 is 0. The van der Waals surface area contributed by atoms with E-state index in [1.807, 2.05) is 21.1 Å². The zero-order valence-corrected chi connectivity index (χ0v) is 45.0. The molecule has 0 bridgehead atoms. The van der Waals surface area contributed by atoms with Crippen molar-refractivity contribution in [1.82, 2.24) is 0 Å². The Morgan fingerprint density at radius 1 is 0.478 bits per heavy atom. The molecule has 0 aliphatic carbocycles. The molecule has 0 saturated carbocycles. The van der Waals surface area contributed by atoms with E-state index in [1.165, 1.54) is 128 Å². The number of phosphoric acid groups is 1. The van der Waals surface area contributed by atoms with Crippen LogP contribution in [0.4, 0.5) is 0 Å². The molecule has 0 aromatic rings. The van der Waals surface area contributed by atoms with Gasteiger partial charge in [0.1, 0.15) is 19.8 Å². The number of nitrogens with zero attached hydrogens (tertiary/aromatic N) is 1. The van der Waals surface area contributed by atoms with Crippen LogP contribution in [0.3, 0.4) is 0 Å². The van der Waals surface area contributed by atoms with E-state index in [4.69, 9.17) is 18.5 Å². The Bertz CT molecular complexity index is 1320. The molecule has 9 nitrogen and oxygen atoms in total. The van der Waals surface area contributed by atoms with Crippen molar-refractivity contribution in [2.75, 3.05) is 47.5 Å². The molecule has 10 heteroatoms. The van der Waals surface area contributed by atoms with Gasteiger partial charge in [-0.1, -0.05) is 209 Å². The number of esters is 2. The van der Waals surface area contributed by atoms with Crippen molar-refractivity contribution < 1.29 is 42.1 Å². The Hall–Kier alpha value is -2.29. The first-order chi connectivity index (χ1) is 32.5. The van der Waals surface area contributed by atoms with Gasteiger partial charge in [0, 0.05) is 12.8 Å². The number of carbonyl (C=O) groups is 2. The summed E-state index contributed by atoms with van der Waals surface area (Å²) in [5.41, 5.74) is 0. The second-order valence-electron chi connectivity index (χ2n) is 19.6. The van der Waals surface area contributed by atoms with Crippen LogP contribution < -0.4 is 0 Å². The first kappa shape index (κ1) is 64.7. The molecule has 0 rings (SSSR count). The molecule has 390 valence electrons. The van der Waals surface area contributed by atoms with E-state index >= 15 is 0 Å². The van der Waals surface area contributed by atoms with Crippen LogP contribution in [0, 0.1) is 0 Å². The van der Waals surface area contributed by atoms with Gasteiger partial charge in [-0.05, 0) is 77.0 Å². The van der Waals surface area contributed by atoms with Crippen LogP contribution in [0.15, 0.2) is 60.8 Å². The fourth-order valence-corrected chi connectivity index (χ4v) is 8.27. The molecule has 0 fully saturated rings. The van der Waals surface area contributed by atoms with Crippen molar-refractivity contribution >= 4 is 19.8 Å². The van der Waals surface area contributed by atoms with E-state index in [9.17, 15) is 19.0 Å². The maximum Gasteiger partial charge on any atom is 0.472 e. The molecule has 0 aromatic heterocycles. The van der Waals surface area contributed by atoms with E-state index in [-0.39, 0.29) is 32.0 Å². The molecule has 0 amide bonds. The van der Waals surface area contributed by atoms with Gasteiger partial charge < -0.3 is 18.9 Å². The summed E-state index contributed by atoms with van der Waals surface area (Å²) in [4.78, 5) is 35.5. The molecule has 2 atom stereocenters. The van der Waals surface area contributed by atoms with Crippen molar-refractivity contribution in [3.8, 4) is 0 Å². The second kappa shape index (κ2) is 48.7. The summed E-state index contributed by atoms with van der Waals surface area (Å²) in [7, 11) is 1.48. The summed E-state index contributed by atoms with van der Waals surface area (Å²) < 4.78 is 34.4. The number of phosphoric ester groups is 1. The Morgan fingerprint density at radius 2 is 0.851 bits per heavy atom. The number of rotatable bonds is 50. The van der Waals surface area contributed by atoms with Gasteiger partial charge in [-0.3, -0.25) is 18.6 Å². The molecule has 0 heterocycles. The lowest BCUT2D eigenvalue weighted by atomic mass is 10.0. The third-order valence-corrected chi connectivity index (χ3v) is 12.8. The predicted molar refractivity (Wildman–Crippen MR) is 284 cm³/mol. The van der Waals surface area contributed by atoms with Crippen LogP contribution in [0.5, 0.6) is 0 Å². The number of quaternary nitrogens is 1. The number of unbranched alkanes of at least 4 members (excludes halogenated alkanes) is 26. The molecule has 67 heavy (non-hydrogen) atoms. The van der Waals surface area contributed by atoms with E-state index in [2.05, 4.69) is 74.6 Å². The average molecular weight is 963 g/mol. The Morgan fingerprint density at radius 3 is 1.28 bits per heavy atom. The van der Waals surface area contributed by atoms with Crippen LogP contribution in [-0.4, -0.2) is 74.9 Å². The summed E-state index contributed by atoms with van der Waals surface area (Å²) in [5, 5.41) is 0. The molecule has 1 N–H and O–H groups in total. The quantitative estimate of drug-likeness (QED) is 0.0211. The third-order valence-electron chi connectivity index (χ3n) is 11.8. The molecule has 0 radical (unpaired) electrons. The van der Waals surface area contributed by atoms with E-state index < -0.39 is 26.5 Å². The standard InChI is InChI=1S/C57H104NO8P/c1-6-8-10-12-14-16-18-20-21-22-23-24-25-26-27-28-29-30-31-32-33-34-35-36-37-38-40-42-44-46-48-50-57(60)66-55(54-65-67(61,62)64-52-51-58(3,4)5)53-63-56(59)49-47-45-43-41-39-19-17-15-13-11-9-7-2/h8,10,14-17,20-21,23-24,55H,6-7,9,11-13,18-19,22,25-54H2,1-5H3/p+1/b10-8-,16-14-,17-15-,21-20-,24-23-. The van der Waals surface area contributed by atoms with Crippen molar-refractivity contribution in [3.05, 3.63) is 60.8 Å². The fraction of sp³-hybridized carbons (Fsp3) is 0.789. The molecule has 0 spiro atoms. The Balaban J connectivity index is 4.04. The first-order valence-corrected chi connectivity index (χ1v) is 29.0. The van der Waals surface area contributed by atoms with Gasteiger partial charge in [0.25, 0.3) is 0 Å². The van der Waals surface area contributed by atoms with Gasteiger partial charge in [0.15, 0.2) is 6.10 Å². The third kappa shape index (κ3) is 52.9. The minimum Gasteiger partial charge on any atom is -0.462 e. The molecule has 0 aliphatic heterocycles. The van der Waals surface area contributed by atoms with Crippen LogP contribution in [0.1, 0.15) is 239 Å². The summed E-state index contributed by atoms with van der Waals surface area (Å²) in [6.07, 6.45) is 61.5. The number of hydrogen-bond donors (Lipinski definition) is 1. The fourth-order valence-electron chi connectivity index (χ4n) is 7.53. The normalized spacial score (nSPS) is 13.8. The molecular formula is C57H105NO8P+. The molecule has 2 unspecified atom stereocenters. The zero-order valence-electron chi connectivity index (χ0n) is 44.1. The van der Waals surface area contributed by atoms with E-state index in [0.29, 0.717) is 17.4 Å². The second-order valence-corrected chi connectivity index (χ2v) is 21.0. The van der Waals surface area contributed by atoms with Gasteiger partial charge in [-0.15, -0.1) is 0 Å². The van der Waals surface area contributed by atoms with Gasteiger partial charge in [0.2, 0.25) is 0 Å². The summed E-state index contributed by atoms with van der Waals surface area (Å²) in [5.74, 6) is -0.803. The zero-order chi connectivity index (χ0) is 49.2. The SMILES string of the molecule is CC/C=C\C/C=C\C/C=C\C/C=C\CCCCCCCCCCCCCCCCCCCCC(=O)OC(COC(=O)CCCCCCC/C=C\CCCCC)COP(=O)(O)OCC[N+](C)(C)C. The molecule has 0 aliphatic rings. The number of allylic oxidation sites excluding steroid dienone is 10. The first-order valence-electron chi connectivity index (χ1n) is 27.5. The molecule has 0 aromatic carbocycles. The van der Waals surface area contributed by atoms with E-state index in [0.717, 1.165) is 77.0 Å². The molecule has 0 saturated heterocycles.